The van der Waals surface area contributed by atoms with Gasteiger partial charge in [0.1, 0.15) is 34.1 Å². The van der Waals surface area contributed by atoms with E-state index < -0.39 is 17.8 Å². The highest BCUT2D eigenvalue weighted by Crippen LogP contribution is 2.41. The number of oxime groups is 1. The maximum absolute atomic E-state index is 12.6. The fourth-order valence-electron chi connectivity index (χ4n) is 2.81. The number of fused-ring (bicyclic) bond motifs is 1. The smallest absolute Gasteiger partial charge is 0.352 e. The van der Waals surface area contributed by atoms with Crippen molar-refractivity contribution in [2.24, 2.45) is 5.16 Å². The molecule has 1 amide bonds. The minimum atomic E-state index is -1.14. The van der Waals surface area contributed by atoms with Gasteiger partial charge in [0, 0.05) is 18.1 Å². The van der Waals surface area contributed by atoms with Crippen LogP contribution < -0.4 is 5.32 Å². The van der Waals surface area contributed by atoms with Gasteiger partial charge in [0.05, 0.1) is 12.1 Å². The molecule has 14 heteroatoms. The monoisotopic (exact) mass is 477 g/mol. The molecular weight excluding hydrogens is 462 g/mol. The zero-order chi connectivity index (χ0) is 21.0. The molecule has 0 saturated carbocycles. The Morgan fingerprint density at radius 1 is 1.55 bits per heavy atom. The number of nitrogens with zero attached hydrogens (tertiary/aromatic N) is 4. The molecule has 0 bridgehead atoms. The summed E-state index contributed by atoms with van der Waals surface area (Å²) in [5.41, 5.74) is 0.756. The van der Waals surface area contributed by atoms with Crippen molar-refractivity contribution in [1.29, 1.82) is 0 Å². The molecule has 0 unspecified atom stereocenters. The first-order valence-electron chi connectivity index (χ1n) is 8.20. The molecule has 1 aromatic rings. The average Bonchev–Trinajstić information content (AvgIpc) is 3.23. The van der Waals surface area contributed by atoms with Gasteiger partial charge in [-0.25, -0.2) is 4.79 Å². The lowest BCUT2D eigenvalue weighted by Gasteiger charge is -2.49. The summed E-state index contributed by atoms with van der Waals surface area (Å²) in [7, 11) is 1.31. The third-order valence-electron chi connectivity index (χ3n) is 4.11. The van der Waals surface area contributed by atoms with Crippen LogP contribution in [-0.2, 0) is 19.2 Å². The standard InChI is InChI=1S/C15H16ClN5O5S3/c1-26-19-8(9(22)2-16)3-17-11-13(23)21-12(15(24)25)7(6-28-14(11)21)5-27-10-4-18-20-29-10/h4,11,14,17H,2-3,5-6H2,1H3,(H,24,25)/b19-8-/t11-,14-/m1/s1. The number of carbonyl (C=O) groups excluding carboxylic acids is 2. The van der Waals surface area contributed by atoms with E-state index in [4.69, 9.17) is 11.6 Å². The molecule has 2 aliphatic heterocycles. The summed E-state index contributed by atoms with van der Waals surface area (Å²) < 4.78 is 4.65. The van der Waals surface area contributed by atoms with Crippen molar-refractivity contribution < 1.29 is 24.3 Å². The Labute approximate surface area is 183 Å². The molecule has 0 aromatic carbocycles. The third kappa shape index (κ3) is 4.74. The van der Waals surface area contributed by atoms with E-state index in [2.05, 4.69) is 24.9 Å². The van der Waals surface area contributed by atoms with E-state index in [0.29, 0.717) is 17.1 Å². The van der Waals surface area contributed by atoms with Gasteiger partial charge in [-0.15, -0.1) is 40.2 Å². The Bertz CT molecular complexity index is 863. The Hall–Kier alpha value is -1.67. The van der Waals surface area contributed by atoms with Crippen molar-refractivity contribution in [2.75, 3.05) is 31.0 Å². The van der Waals surface area contributed by atoms with E-state index in [9.17, 15) is 19.5 Å². The molecule has 2 atom stereocenters. The fraction of sp³-hybridized carbons (Fsp3) is 0.467. The molecule has 156 valence electrons. The lowest BCUT2D eigenvalue weighted by atomic mass is 10.0. The molecule has 1 fully saturated rings. The number of aliphatic carboxylic acids is 1. The number of rotatable bonds is 10. The molecule has 3 heterocycles. The molecule has 0 aliphatic carbocycles. The zero-order valence-corrected chi connectivity index (χ0v) is 18.2. The van der Waals surface area contributed by atoms with Gasteiger partial charge in [-0.1, -0.05) is 9.64 Å². The highest BCUT2D eigenvalue weighted by Gasteiger charge is 2.53. The number of hydrogen-bond donors (Lipinski definition) is 2. The largest absolute Gasteiger partial charge is 0.477 e. The van der Waals surface area contributed by atoms with Crippen LogP contribution in [0.15, 0.2) is 26.8 Å². The zero-order valence-electron chi connectivity index (χ0n) is 15.0. The summed E-state index contributed by atoms with van der Waals surface area (Å²) in [6, 6.07) is -0.626. The van der Waals surface area contributed by atoms with Gasteiger partial charge in [0.15, 0.2) is 5.78 Å². The molecule has 0 radical (unpaired) electrons. The van der Waals surface area contributed by atoms with E-state index in [-0.39, 0.29) is 35.1 Å². The molecule has 0 spiro atoms. The predicted octanol–water partition coefficient (Wildman–Crippen LogP) is 0.653. The maximum atomic E-state index is 12.6. The second-order valence-electron chi connectivity index (χ2n) is 5.83. The molecule has 10 nitrogen and oxygen atoms in total. The van der Waals surface area contributed by atoms with Crippen molar-refractivity contribution in [2.45, 2.75) is 15.6 Å². The molecular formula is C15H16ClN5O5S3. The van der Waals surface area contributed by atoms with Gasteiger partial charge >= 0.3 is 5.97 Å². The summed E-state index contributed by atoms with van der Waals surface area (Å²) in [6.07, 6.45) is 1.62. The number of amides is 1. The predicted molar refractivity (Wildman–Crippen MR) is 110 cm³/mol. The van der Waals surface area contributed by atoms with E-state index in [1.54, 1.807) is 6.20 Å². The van der Waals surface area contributed by atoms with Crippen molar-refractivity contribution in [1.82, 2.24) is 19.8 Å². The lowest BCUT2D eigenvalue weighted by molar-refractivity contribution is -0.149. The maximum Gasteiger partial charge on any atom is 0.352 e. The number of hydrogen-bond acceptors (Lipinski definition) is 11. The second kappa shape index (κ2) is 9.89. The van der Waals surface area contributed by atoms with E-state index in [1.807, 2.05) is 0 Å². The Morgan fingerprint density at radius 3 is 2.97 bits per heavy atom. The van der Waals surface area contributed by atoms with Crippen LogP contribution in [0.3, 0.4) is 0 Å². The number of aromatic nitrogens is 2. The van der Waals surface area contributed by atoms with E-state index in [0.717, 1.165) is 4.21 Å². The first-order valence-corrected chi connectivity index (χ1v) is 11.5. The first-order chi connectivity index (χ1) is 14.0. The van der Waals surface area contributed by atoms with Crippen LogP contribution in [0.2, 0.25) is 0 Å². The third-order valence-corrected chi connectivity index (χ3v) is 7.62. The van der Waals surface area contributed by atoms with Crippen molar-refractivity contribution in [3.63, 3.8) is 0 Å². The number of alkyl halides is 1. The highest BCUT2D eigenvalue weighted by molar-refractivity contribution is 8.01. The first kappa shape index (κ1) is 22.0. The highest BCUT2D eigenvalue weighted by atomic mass is 35.5. The number of halogens is 1. The number of thioether (sulfide) groups is 2. The SMILES string of the molecule is CO/N=C(/CN[C@@H]1C(=O)N2C(C(=O)O)=C(CSc3cnns3)CS[C@H]12)C(=O)CCl. The number of β-lactam (4-membered cyclic amide) rings is 1. The van der Waals surface area contributed by atoms with Crippen LogP contribution in [0.5, 0.6) is 0 Å². The minimum absolute atomic E-state index is 0.00605. The summed E-state index contributed by atoms with van der Waals surface area (Å²) in [6.45, 7) is -0.00605. The van der Waals surface area contributed by atoms with Crippen LogP contribution in [0.1, 0.15) is 0 Å². The Morgan fingerprint density at radius 2 is 2.34 bits per heavy atom. The Kier molecular flexibility index (Phi) is 7.51. The number of Topliss-reactive ketones (excluding diaryl/α,β-unsaturated/α-hetero) is 1. The van der Waals surface area contributed by atoms with Crippen LogP contribution >= 0.6 is 46.7 Å². The van der Waals surface area contributed by atoms with Crippen LogP contribution in [0.4, 0.5) is 0 Å². The molecule has 2 aliphatic rings. The quantitative estimate of drug-likeness (QED) is 0.162. The normalized spacial score (nSPS) is 21.7. The number of nitrogens with one attached hydrogen (secondary N) is 1. The Balaban J connectivity index is 1.69. The molecule has 2 N–H and O–H groups in total. The van der Waals surface area contributed by atoms with Crippen molar-refractivity contribution >= 4 is 70.0 Å². The number of carboxylic acids is 1. The summed E-state index contributed by atoms with van der Waals surface area (Å²) in [5, 5.41) is 19.6. The second-order valence-corrected chi connectivity index (χ2v) is 9.26. The summed E-state index contributed by atoms with van der Waals surface area (Å²) >= 11 is 9.68. The average molecular weight is 478 g/mol. The van der Waals surface area contributed by atoms with E-state index >= 15 is 0 Å². The lowest BCUT2D eigenvalue weighted by Crippen LogP contribution is -2.70. The van der Waals surface area contributed by atoms with Crippen molar-refractivity contribution in [3.05, 3.63) is 17.5 Å². The van der Waals surface area contributed by atoms with E-state index in [1.165, 1.54) is 47.1 Å². The molecule has 29 heavy (non-hydrogen) atoms. The molecule has 3 rings (SSSR count). The minimum Gasteiger partial charge on any atom is -0.477 e. The van der Waals surface area contributed by atoms with Gasteiger partial charge < -0.3 is 9.94 Å². The molecule has 1 aromatic heterocycles. The van der Waals surface area contributed by atoms with Gasteiger partial charge in [0.25, 0.3) is 0 Å². The number of carboxylic acid groups (broad SMARTS) is 1. The summed E-state index contributed by atoms with van der Waals surface area (Å²) in [5.74, 6) is -1.26. The fourth-order valence-corrected chi connectivity index (χ4v) is 5.90. The number of carbonyl (C=O) groups is 3. The van der Waals surface area contributed by atoms with Crippen LogP contribution in [0.25, 0.3) is 0 Å². The van der Waals surface area contributed by atoms with Crippen molar-refractivity contribution in [3.8, 4) is 0 Å². The van der Waals surface area contributed by atoms with Gasteiger partial charge in [-0.2, -0.15) is 0 Å². The topological polar surface area (TPSA) is 134 Å². The van der Waals surface area contributed by atoms with Gasteiger partial charge in [-0.3, -0.25) is 19.8 Å². The van der Waals surface area contributed by atoms with Crippen LogP contribution in [0, 0.1) is 0 Å². The number of ketones is 1. The van der Waals surface area contributed by atoms with Gasteiger partial charge in [-0.05, 0) is 17.1 Å². The molecule has 1 saturated heterocycles. The summed E-state index contributed by atoms with van der Waals surface area (Å²) in [4.78, 5) is 42.2. The van der Waals surface area contributed by atoms with Crippen LogP contribution in [-0.4, -0.2) is 85.4 Å². The van der Waals surface area contributed by atoms with Gasteiger partial charge in [0.2, 0.25) is 5.91 Å².